The van der Waals surface area contributed by atoms with E-state index in [4.69, 9.17) is 33.8 Å². The first-order valence-electron chi connectivity index (χ1n) is 15.5. The molecule has 6 atom stereocenters. The summed E-state index contributed by atoms with van der Waals surface area (Å²) in [6, 6.07) is -6.58. The number of aliphatic carboxylic acids is 1. The fourth-order valence-corrected chi connectivity index (χ4v) is 4.60. The number of carbonyl (C=O) groups is 8. The molecule has 0 aliphatic rings. The molecule has 0 aromatic rings. The lowest BCUT2D eigenvalue weighted by atomic mass is 9.98. The standard InChI is InChI=1S/C28H51N11O9S/c1-4-14(2)22(31)27(48)38-16(7-8-19(29)40)25(46)39-18(12-20(30)41)26(47)36-15(6-5-10-34-28(32)33)24(45)37-17(9-11-49-3)23(44)35-13-21(42)43/h14-18,22H,4-13,31H2,1-3H3,(H2,29,40)(H2,30,41)(H,35,44)(H,36,47)(H,37,45)(H,38,48)(H,39,46)(H,42,43)(H4,32,33,34)/t14-,15-,16-,17-,18-,22-/m0/s1. The van der Waals surface area contributed by atoms with E-state index in [9.17, 15) is 38.4 Å². The zero-order valence-corrected chi connectivity index (χ0v) is 28.8. The molecule has 0 aromatic heterocycles. The number of carboxylic acids is 1. The Bertz CT molecular complexity index is 1200. The molecule has 21 heteroatoms. The lowest BCUT2D eigenvalue weighted by Gasteiger charge is -2.27. The van der Waals surface area contributed by atoms with Crippen LogP contribution in [0.5, 0.6) is 0 Å². The molecule has 20 nitrogen and oxygen atoms in total. The van der Waals surface area contributed by atoms with Gasteiger partial charge in [0.05, 0.1) is 12.5 Å². The molecule has 0 fully saturated rings. The maximum Gasteiger partial charge on any atom is 0.322 e. The van der Waals surface area contributed by atoms with Crippen LogP contribution in [-0.4, -0.2) is 114 Å². The van der Waals surface area contributed by atoms with Crippen molar-refractivity contribution in [2.75, 3.05) is 25.1 Å². The summed E-state index contributed by atoms with van der Waals surface area (Å²) >= 11 is 1.37. The second kappa shape index (κ2) is 23.6. The van der Waals surface area contributed by atoms with Crippen molar-refractivity contribution in [1.82, 2.24) is 26.6 Å². The van der Waals surface area contributed by atoms with Crippen molar-refractivity contribution < 1.29 is 43.5 Å². The number of rotatable bonds is 25. The molecular weight excluding hydrogens is 666 g/mol. The van der Waals surface area contributed by atoms with Crippen molar-refractivity contribution in [3.05, 3.63) is 0 Å². The summed E-state index contributed by atoms with van der Waals surface area (Å²) in [5.41, 5.74) is 27.3. The largest absolute Gasteiger partial charge is 0.480 e. The summed E-state index contributed by atoms with van der Waals surface area (Å²) < 4.78 is 0. The van der Waals surface area contributed by atoms with Crippen molar-refractivity contribution in [3.8, 4) is 0 Å². The van der Waals surface area contributed by atoms with E-state index in [-0.39, 0.29) is 50.5 Å². The number of thioether (sulfide) groups is 1. The van der Waals surface area contributed by atoms with Crippen LogP contribution in [0.2, 0.25) is 0 Å². The number of nitrogens with two attached hydrogens (primary N) is 5. The molecule has 0 rings (SSSR count). The number of hydrogen-bond donors (Lipinski definition) is 11. The second-order valence-electron chi connectivity index (χ2n) is 11.2. The average molecular weight is 718 g/mol. The van der Waals surface area contributed by atoms with Crippen molar-refractivity contribution in [2.45, 2.75) is 89.0 Å². The van der Waals surface area contributed by atoms with Crippen LogP contribution in [0.3, 0.4) is 0 Å². The van der Waals surface area contributed by atoms with E-state index in [1.165, 1.54) is 11.8 Å². The Balaban J connectivity index is 6.22. The fourth-order valence-electron chi connectivity index (χ4n) is 4.13. The molecule has 0 saturated heterocycles. The predicted octanol–water partition coefficient (Wildman–Crippen LogP) is -4.55. The van der Waals surface area contributed by atoms with Crippen LogP contribution in [0, 0.1) is 5.92 Å². The topological polar surface area (TPSA) is 359 Å². The highest BCUT2D eigenvalue weighted by Crippen LogP contribution is 2.09. The molecule has 0 radical (unpaired) electrons. The van der Waals surface area contributed by atoms with Crippen molar-refractivity contribution in [2.24, 2.45) is 39.6 Å². The minimum absolute atomic E-state index is 0.0540. The summed E-state index contributed by atoms with van der Waals surface area (Å²) in [6.45, 7) is 2.91. The molecule has 278 valence electrons. The van der Waals surface area contributed by atoms with Crippen LogP contribution in [0.4, 0.5) is 0 Å². The Hall–Kier alpha value is -4.66. The van der Waals surface area contributed by atoms with Gasteiger partial charge in [-0.25, -0.2) is 0 Å². The Morgan fingerprint density at radius 2 is 1.24 bits per heavy atom. The molecule has 49 heavy (non-hydrogen) atoms. The molecule has 0 aliphatic carbocycles. The molecule has 0 aromatic carbocycles. The van der Waals surface area contributed by atoms with Gasteiger partial charge in [0.2, 0.25) is 41.4 Å². The third-order valence-electron chi connectivity index (χ3n) is 7.15. The van der Waals surface area contributed by atoms with Gasteiger partial charge >= 0.3 is 5.97 Å². The van der Waals surface area contributed by atoms with Gasteiger partial charge in [0.1, 0.15) is 30.7 Å². The zero-order chi connectivity index (χ0) is 37.7. The monoisotopic (exact) mass is 717 g/mol. The first-order chi connectivity index (χ1) is 22.9. The van der Waals surface area contributed by atoms with E-state index < -0.39 is 90.5 Å². The van der Waals surface area contributed by atoms with E-state index >= 15 is 0 Å². The van der Waals surface area contributed by atoms with Gasteiger partial charge in [-0.3, -0.25) is 43.3 Å². The molecule has 0 saturated carbocycles. The number of guanidine groups is 1. The Labute approximate surface area is 288 Å². The van der Waals surface area contributed by atoms with Crippen molar-refractivity contribution >= 4 is 65.0 Å². The highest BCUT2D eigenvalue weighted by molar-refractivity contribution is 7.98. The minimum atomic E-state index is -1.65. The molecule has 0 spiro atoms. The van der Waals surface area contributed by atoms with Gasteiger partial charge in [-0.05, 0) is 43.6 Å². The zero-order valence-electron chi connectivity index (χ0n) is 28.0. The number of primary amides is 2. The van der Waals surface area contributed by atoms with Gasteiger partial charge in [0.25, 0.3) is 0 Å². The number of nitrogens with zero attached hydrogens (tertiary/aromatic N) is 1. The molecular formula is C28H51N11O9S. The summed E-state index contributed by atoms with van der Waals surface area (Å²) in [4.78, 5) is 104. The van der Waals surface area contributed by atoms with Gasteiger partial charge in [-0.15, -0.1) is 0 Å². The first-order valence-corrected chi connectivity index (χ1v) is 16.9. The molecule has 0 unspecified atom stereocenters. The average Bonchev–Trinajstić information content (AvgIpc) is 3.02. The van der Waals surface area contributed by atoms with Gasteiger partial charge in [-0.1, -0.05) is 20.3 Å². The van der Waals surface area contributed by atoms with E-state index in [0.717, 1.165) is 0 Å². The van der Waals surface area contributed by atoms with E-state index in [1.807, 2.05) is 6.92 Å². The van der Waals surface area contributed by atoms with Crippen LogP contribution >= 0.6 is 11.8 Å². The predicted molar refractivity (Wildman–Crippen MR) is 181 cm³/mol. The Morgan fingerprint density at radius 1 is 0.735 bits per heavy atom. The lowest BCUT2D eigenvalue weighted by molar-refractivity contribution is -0.138. The molecule has 7 amide bonds. The quantitative estimate of drug-likeness (QED) is 0.0241. The summed E-state index contributed by atoms with van der Waals surface area (Å²) in [6.07, 6.45) is 1.20. The van der Waals surface area contributed by atoms with Crippen LogP contribution in [0.25, 0.3) is 0 Å². The molecule has 0 bridgehead atoms. The summed E-state index contributed by atoms with van der Waals surface area (Å²) in [5, 5.41) is 20.8. The number of nitrogens with one attached hydrogen (secondary N) is 5. The summed E-state index contributed by atoms with van der Waals surface area (Å²) in [5.74, 6) is -7.44. The van der Waals surface area contributed by atoms with E-state index in [0.29, 0.717) is 12.2 Å². The third kappa shape index (κ3) is 19.1. The SMILES string of the molecule is CC[C@H](C)[C@H](N)C(=O)N[C@@H](CCC(N)=O)C(=O)N[C@@H](CC(N)=O)C(=O)N[C@@H](CCCN=C(N)N)C(=O)N[C@@H](CCSC)C(=O)NCC(=O)O. The van der Waals surface area contributed by atoms with Crippen LogP contribution in [0.1, 0.15) is 58.8 Å². The smallest absolute Gasteiger partial charge is 0.322 e. The Kier molecular flexibility index (Phi) is 21.4. The van der Waals surface area contributed by atoms with Crippen molar-refractivity contribution in [1.29, 1.82) is 0 Å². The fraction of sp³-hybridized carbons (Fsp3) is 0.679. The number of hydrogen-bond acceptors (Lipinski definition) is 11. The number of amides is 7. The molecule has 16 N–H and O–H groups in total. The van der Waals surface area contributed by atoms with Gasteiger partial charge < -0.3 is 60.4 Å². The highest BCUT2D eigenvalue weighted by Gasteiger charge is 2.33. The van der Waals surface area contributed by atoms with E-state index in [2.05, 4.69) is 31.6 Å². The highest BCUT2D eigenvalue weighted by atomic mass is 32.2. The van der Waals surface area contributed by atoms with E-state index in [1.54, 1.807) is 13.2 Å². The first kappa shape index (κ1) is 44.3. The number of carboxylic acid groups (broad SMARTS) is 1. The van der Waals surface area contributed by atoms with Gasteiger partial charge in [0.15, 0.2) is 5.96 Å². The molecule has 0 heterocycles. The second-order valence-corrected chi connectivity index (χ2v) is 12.2. The van der Waals surface area contributed by atoms with Gasteiger partial charge in [0, 0.05) is 13.0 Å². The maximum absolute atomic E-state index is 13.5. The number of carbonyl (C=O) groups excluding carboxylic acids is 7. The number of aliphatic imine (C=N–C) groups is 1. The van der Waals surface area contributed by atoms with Crippen LogP contribution in [0.15, 0.2) is 4.99 Å². The van der Waals surface area contributed by atoms with Gasteiger partial charge in [-0.2, -0.15) is 11.8 Å². The van der Waals surface area contributed by atoms with Crippen LogP contribution in [-0.2, 0) is 38.4 Å². The van der Waals surface area contributed by atoms with Crippen molar-refractivity contribution in [3.63, 3.8) is 0 Å². The normalized spacial score (nSPS) is 14.4. The lowest BCUT2D eigenvalue weighted by Crippen LogP contribution is -2.59. The molecule has 0 aliphatic heterocycles. The third-order valence-corrected chi connectivity index (χ3v) is 7.79. The maximum atomic E-state index is 13.5. The minimum Gasteiger partial charge on any atom is -0.480 e. The Morgan fingerprint density at radius 3 is 1.73 bits per heavy atom. The van der Waals surface area contributed by atoms with Crippen LogP contribution < -0.4 is 55.3 Å². The summed E-state index contributed by atoms with van der Waals surface area (Å²) in [7, 11) is 0.